The third-order valence-corrected chi connectivity index (χ3v) is 4.19. The van der Waals surface area contributed by atoms with Crippen LogP contribution in [-0.2, 0) is 11.3 Å². The molecule has 1 aliphatic rings. The molecule has 0 fully saturated rings. The summed E-state index contributed by atoms with van der Waals surface area (Å²) in [4.78, 5) is 23.2. The van der Waals surface area contributed by atoms with Gasteiger partial charge in [0.1, 0.15) is 0 Å². The number of nitrogens with one attached hydrogen (secondary N) is 1. The Morgan fingerprint density at radius 2 is 1.86 bits per heavy atom. The molecule has 4 nitrogen and oxygen atoms in total. The van der Waals surface area contributed by atoms with E-state index < -0.39 is 0 Å². The van der Waals surface area contributed by atoms with Crippen molar-refractivity contribution >= 4 is 11.8 Å². The van der Waals surface area contributed by atoms with Gasteiger partial charge in [0.2, 0.25) is 5.91 Å². The van der Waals surface area contributed by atoms with Crippen LogP contribution >= 0.6 is 0 Å². The van der Waals surface area contributed by atoms with Crippen LogP contribution in [0.1, 0.15) is 40.7 Å². The Bertz CT molecular complexity index is 735. The van der Waals surface area contributed by atoms with Gasteiger partial charge < -0.3 is 11.1 Å². The van der Waals surface area contributed by atoms with E-state index in [4.69, 9.17) is 5.73 Å². The van der Waals surface area contributed by atoms with Crippen LogP contribution in [0.25, 0.3) is 11.1 Å². The highest BCUT2D eigenvalue weighted by Gasteiger charge is 2.19. The fraction of sp³-hybridized carbons (Fsp3) is 0.222. The summed E-state index contributed by atoms with van der Waals surface area (Å²) >= 11 is 0. The normalized spacial score (nSPS) is 14.3. The maximum Gasteiger partial charge on any atom is 0.251 e. The van der Waals surface area contributed by atoms with Crippen molar-refractivity contribution in [1.29, 1.82) is 0 Å². The van der Waals surface area contributed by atoms with Crippen molar-refractivity contribution in [2.24, 2.45) is 5.73 Å². The standard InChI is InChI=1S/C18H18N2O2/c1-2-15(17(19)21)12-5-3-11(4-6-12)13-7-8-14-10-20-18(22)16(14)9-13/h3-9,15H,2,10H2,1H3,(H2,19,21)(H,20,22). The number of hydrogen-bond acceptors (Lipinski definition) is 2. The zero-order valence-corrected chi connectivity index (χ0v) is 12.4. The number of fused-ring (bicyclic) bond motifs is 1. The van der Waals surface area contributed by atoms with Crippen molar-refractivity contribution in [2.75, 3.05) is 0 Å². The van der Waals surface area contributed by atoms with Crippen LogP contribution in [0, 0.1) is 0 Å². The summed E-state index contributed by atoms with van der Waals surface area (Å²) in [5.74, 6) is -0.572. The van der Waals surface area contributed by atoms with Gasteiger partial charge in [0.15, 0.2) is 0 Å². The van der Waals surface area contributed by atoms with Crippen molar-refractivity contribution in [1.82, 2.24) is 5.32 Å². The summed E-state index contributed by atoms with van der Waals surface area (Å²) in [6.45, 7) is 2.55. The molecule has 0 spiro atoms. The third kappa shape index (κ3) is 2.48. The maximum absolute atomic E-state index is 11.7. The first-order valence-corrected chi connectivity index (χ1v) is 7.41. The summed E-state index contributed by atoms with van der Waals surface area (Å²) in [7, 11) is 0. The zero-order chi connectivity index (χ0) is 15.7. The van der Waals surface area contributed by atoms with Gasteiger partial charge in [0.05, 0.1) is 5.92 Å². The van der Waals surface area contributed by atoms with Gasteiger partial charge in [0, 0.05) is 12.1 Å². The molecular weight excluding hydrogens is 276 g/mol. The number of hydrogen-bond donors (Lipinski definition) is 2. The summed E-state index contributed by atoms with van der Waals surface area (Å²) < 4.78 is 0. The van der Waals surface area contributed by atoms with Crippen molar-refractivity contribution in [2.45, 2.75) is 25.8 Å². The van der Waals surface area contributed by atoms with E-state index in [-0.39, 0.29) is 17.7 Å². The molecule has 2 aromatic carbocycles. The summed E-state index contributed by atoms with van der Waals surface area (Å²) in [6, 6.07) is 13.7. The number of rotatable bonds is 4. The minimum Gasteiger partial charge on any atom is -0.369 e. The highest BCUT2D eigenvalue weighted by Crippen LogP contribution is 2.27. The fourth-order valence-corrected chi connectivity index (χ4v) is 2.90. The second-order valence-corrected chi connectivity index (χ2v) is 5.54. The highest BCUT2D eigenvalue weighted by molar-refractivity contribution is 5.99. The van der Waals surface area contributed by atoms with Crippen molar-refractivity contribution in [3.05, 3.63) is 59.2 Å². The number of amides is 2. The van der Waals surface area contributed by atoms with E-state index in [1.54, 1.807) is 0 Å². The van der Waals surface area contributed by atoms with Crippen LogP contribution in [0.3, 0.4) is 0 Å². The lowest BCUT2D eigenvalue weighted by atomic mass is 9.93. The quantitative estimate of drug-likeness (QED) is 0.909. The Morgan fingerprint density at radius 3 is 2.50 bits per heavy atom. The molecule has 0 aliphatic carbocycles. The van der Waals surface area contributed by atoms with Gasteiger partial charge in [-0.15, -0.1) is 0 Å². The predicted molar refractivity (Wildman–Crippen MR) is 85.3 cm³/mol. The van der Waals surface area contributed by atoms with Gasteiger partial charge in [-0.05, 0) is 34.7 Å². The Morgan fingerprint density at radius 1 is 1.18 bits per heavy atom. The first-order chi connectivity index (χ1) is 10.6. The molecule has 0 bridgehead atoms. The smallest absolute Gasteiger partial charge is 0.251 e. The zero-order valence-electron chi connectivity index (χ0n) is 12.4. The summed E-state index contributed by atoms with van der Waals surface area (Å²) in [5.41, 5.74) is 10.1. The number of benzene rings is 2. The second-order valence-electron chi connectivity index (χ2n) is 5.54. The lowest BCUT2D eigenvalue weighted by Crippen LogP contribution is -2.20. The average Bonchev–Trinajstić information content (AvgIpc) is 2.89. The van der Waals surface area contributed by atoms with E-state index in [0.717, 1.165) is 27.8 Å². The Balaban J connectivity index is 1.92. The molecule has 0 radical (unpaired) electrons. The van der Waals surface area contributed by atoms with Crippen LogP contribution < -0.4 is 11.1 Å². The monoisotopic (exact) mass is 294 g/mol. The van der Waals surface area contributed by atoms with Gasteiger partial charge in [-0.3, -0.25) is 9.59 Å². The molecule has 22 heavy (non-hydrogen) atoms. The van der Waals surface area contributed by atoms with Crippen LogP contribution in [0.15, 0.2) is 42.5 Å². The molecule has 1 atom stereocenters. The Hall–Kier alpha value is -2.62. The lowest BCUT2D eigenvalue weighted by Gasteiger charge is -2.12. The minimum absolute atomic E-state index is 0.0201. The molecule has 1 aliphatic heterocycles. The van der Waals surface area contributed by atoms with Gasteiger partial charge in [-0.2, -0.15) is 0 Å². The van der Waals surface area contributed by atoms with Crippen LogP contribution in [-0.4, -0.2) is 11.8 Å². The number of primary amides is 1. The molecule has 1 heterocycles. The molecule has 4 heteroatoms. The van der Waals surface area contributed by atoms with Crippen LogP contribution in [0.2, 0.25) is 0 Å². The molecule has 3 N–H and O–H groups in total. The van der Waals surface area contributed by atoms with Gasteiger partial charge in [-0.25, -0.2) is 0 Å². The SMILES string of the molecule is CCC(C(N)=O)c1ccc(-c2ccc3c(c2)C(=O)NC3)cc1. The molecule has 2 amide bonds. The van der Waals surface area contributed by atoms with Crippen LogP contribution in [0.4, 0.5) is 0 Å². The number of carbonyl (C=O) groups excluding carboxylic acids is 2. The van der Waals surface area contributed by atoms with Crippen LogP contribution in [0.5, 0.6) is 0 Å². The van der Waals surface area contributed by atoms with E-state index in [1.807, 2.05) is 49.4 Å². The molecule has 2 aromatic rings. The highest BCUT2D eigenvalue weighted by atomic mass is 16.2. The van der Waals surface area contributed by atoms with E-state index in [9.17, 15) is 9.59 Å². The summed E-state index contributed by atoms with van der Waals surface area (Å²) in [6.07, 6.45) is 0.688. The minimum atomic E-state index is -0.301. The fourth-order valence-electron chi connectivity index (χ4n) is 2.90. The van der Waals surface area contributed by atoms with Crippen molar-refractivity contribution < 1.29 is 9.59 Å². The van der Waals surface area contributed by atoms with Gasteiger partial charge in [0.25, 0.3) is 5.91 Å². The average molecular weight is 294 g/mol. The van der Waals surface area contributed by atoms with Gasteiger partial charge in [-0.1, -0.05) is 43.3 Å². The van der Waals surface area contributed by atoms with Gasteiger partial charge >= 0.3 is 0 Å². The van der Waals surface area contributed by atoms with E-state index in [2.05, 4.69) is 5.32 Å². The van der Waals surface area contributed by atoms with Crippen molar-refractivity contribution in [3.63, 3.8) is 0 Å². The van der Waals surface area contributed by atoms with Crippen molar-refractivity contribution in [3.8, 4) is 11.1 Å². The van der Waals surface area contributed by atoms with E-state index in [1.165, 1.54) is 0 Å². The number of carbonyl (C=O) groups is 2. The maximum atomic E-state index is 11.7. The van der Waals surface area contributed by atoms with E-state index in [0.29, 0.717) is 13.0 Å². The topological polar surface area (TPSA) is 72.2 Å². The summed E-state index contributed by atoms with van der Waals surface area (Å²) in [5, 5.41) is 2.82. The third-order valence-electron chi connectivity index (χ3n) is 4.19. The lowest BCUT2D eigenvalue weighted by molar-refractivity contribution is -0.119. The molecule has 112 valence electrons. The Labute approximate surface area is 129 Å². The van der Waals surface area contributed by atoms with E-state index >= 15 is 0 Å². The molecule has 0 saturated heterocycles. The number of nitrogens with two attached hydrogens (primary N) is 1. The molecule has 3 rings (SSSR count). The molecule has 0 saturated carbocycles. The second kappa shape index (κ2) is 5.64. The Kier molecular flexibility index (Phi) is 3.67. The first kappa shape index (κ1) is 14.3. The molecule has 1 unspecified atom stereocenters. The molecular formula is C18H18N2O2. The largest absolute Gasteiger partial charge is 0.369 e. The predicted octanol–water partition coefficient (Wildman–Crippen LogP) is 2.58. The molecule has 0 aromatic heterocycles. The first-order valence-electron chi connectivity index (χ1n) is 7.41.